The van der Waals surface area contributed by atoms with Gasteiger partial charge in [0.2, 0.25) is 10.0 Å². The molecule has 26 heavy (non-hydrogen) atoms. The molecule has 0 aromatic heterocycles. The second-order valence-corrected chi connectivity index (χ2v) is 7.61. The van der Waals surface area contributed by atoms with Crippen LogP contribution >= 0.6 is 12.4 Å². The molecule has 2 rings (SSSR count). The summed E-state index contributed by atoms with van der Waals surface area (Å²) in [4.78, 5) is 1.25. The Labute approximate surface area is 157 Å². The summed E-state index contributed by atoms with van der Waals surface area (Å²) in [5, 5.41) is 2.98. The van der Waals surface area contributed by atoms with Gasteiger partial charge in [-0.2, -0.15) is 13.2 Å². The number of rotatable bonds is 7. The molecule has 0 amide bonds. The van der Waals surface area contributed by atoms with E-state index in [1.165, 1.54) is 18.1 Å². The number of nitrogens with one attached hydrogen (secondary N) is 2. The molecule has 1 heterocycles. The number of sulfonamides is 1. The Morgan fingerprint density at radius 2 is 1.96 bits per heavy atom. The van der Waals surface area contributed by atoms with Gasteiger partial charge in [0.15, 0.2) is 0 Å². The van der Waals surface area contributed by atoms with E-state index in [4.69, 9.17) is 4.74 Å². The minimum atomic E-state index is -4.50. The van der Waals surface area contributed by atoms with Crippen LogP contribution in [0.3, 0.4) is 0 Å². The first-order valence-corrected chi connectivity index (χ1v) is 9.48. The van der Waals surface area contributed by atoms with Crippen molar-refractivity contribution in [2.75, 3.05) is 39.8 Å². The van der Waals surface area contributed by atoms with Crippen LogP contribution in [-0.2, 0) is 15.8 Å². The summed E-state index contributed by atoms with van der Waals surface area (Å²) in [7, 11) is -2.45. The zero-order chi connectivity index (χ0) is 18.5. The van der Waals surface area contributed by atoms with Gasteiger partial charge in [0.05, 0.1) is 12.9 Å². The fourth-order valence-electron chi connectivity index (χ4n) is 2.68. The van der Waals surface area contributed by atoms with Gasteiger partial charge in [-0.05, 0) is 17.7 Å². The summed E-state index contributed by atoms with van der Waals surface area (Å²) >= 11 is 0. The third kappa shape index (κ3) is 6.92. The van der Waals surface area contributed by atoms with Gasteiger partial charge >= 0.3 is 6.18 Å². The lowest BCUT2D eigenvalue weighted by Crippen LogP contribution is -2.57. The Bertz CT molecular complexity index is 668. The topological polar surface area (TPSA) is 70.7 Å². The van der Waals surface area contributed by atoms with E-state index in [1.807, 2.05) is 0 Å². The zero-order valence-corrected chi connectivity index (χ0v) is 15.9. The van der Waals surface area contributed by atoms with Crippen molar-refractivity contribution in [2.24, 2.45) is 0 Å². The van der Waals surface area contributed by atoms with Gasteiger partial charge in [-0.15, -0.1) is 12.4 Å². The van der Waals surface area contributed by atoms with Crippen LogP contribution in [0.5, 0.6) is 5.75 Å². The van der Waals surface area contributed by atoms with E-state index < -0.39 is 34.5 Å². The number of benzene rings is 1. The normalized spacial score (nSPS) is 17.4. The number of hydrogen-bond acceptors (Lipinski definition) is 5. The molecule has 0 radical (unpaired) electrons. The molecule has 0 bridgehead atoms. The third-order valence-electron chi connectivity index (χ3n) is 3.96. The van der Waals surface area contributed by atoms with Crippen molar-refractivity contribution >= 4 is 22.4 Å². The summed E-state index contributed by atoms with van der Waals surface area (Å²) in [5.41, 5.74) is 0.442. The number of nitrogens with zero attached hydrogens (tertiary/aromatic N) is 1. The number of piperazine rings is 1. The van der Waals surface area contributed by atoms with Crippen molar-refractivity contribution in [1.82, 2.24) is 14.9 Å². The molecule has 0 spiro atoms. The van der Waals surface area contributed by atoms with Crippen LogP contribution in [0.1, 0.15) is 5.56 Å². The van der Waals surface area contributed by atoms with Gasteiger partial charge < -0.3 is 10.1 Å². The van der Waals surface area contributed by atoms with E-state index in [-0.39, 0.29) is 25.5 Å². The molecule has 2 N–H and O–H groups in total. The molecule has 0 saturated carbocycles. The molecule has 11 heteroatoms. The summed E-state index contributed by atoms with van der Waals surface area (Å²) < 4.78 is 71.3. The fraction of sp³-hybridized carbons (Fsp3) is 0.600. The minimum Gasteiger partial charge on any atom is -0.497 e. The lowest BCUT2D eigenvalue weighted by atomic mass is 10.2. The highest BCUT2D eigenvalue weighted by Gasteiger charge is 2.44. The lowest BCUT2D eigenvalue weighted by molar-refractivity contribution is -0.182. The molecule has 0 aliphatic carbocycles. The predicted molar refractivity (Wildman–Crippen MR) is 95.2 cm³/mol. The molecule has 6 nitrogen and oxygen atoms in total. The highest BCUT2D eigenvalue weighted by atomic mass is 35.5. The number of ether oxygens (including phenoxy) is 1. The Morgan fingerprint density at radius 3 is 2.54 bits per heavy atom. The molecule has 1 saturated heterocycles. The maximum Gasteiger partial charge on any atom is 0.405 e. The Hall–Kier alpha value is -1.07. The zero-order valence-electron chi connectivity index (χ0n) is 14.3. The van der Waals surface area contributed by atoms with E-state index in [0.717, 1.165) is 0 Å². The van der Waals surface area contributed by atoms with Gasteiger partial charge in [-0.25, -0.2) is 13.1 Å². The van der Waals surface area contributed by atoms with E-state index in [2.05, 4.69) is 10.0 Å². The van der Waals surface area contributed by atoms with Crippen LogP contribution in [0.25, 0.3) is 0 Å². The molecule has 1 aliphatic rings. The highest BCUT2D eigenvalue weighted by molar-refractivity contribution is 7.88. The SMILES string of the molecule is COc1cccc(CS(=O)(=O)NCC(N2CCNCC2)C(F)(F)F)c1.Cl. The van der Waals surface area contributed by atoms with Crippen molar-refractivity contribution in [1.29, 1.82) is 0 Å². The Morgan fingerprint density at radius 1 is 1.31 bits per heavy atom. The molecule has 1 aliphatic heterocycles. The summed E-state index contributed by atoms with van der Waals surface area (Å²) in [6.07, 6.45) is -4.50. The maximum atomic E-state index is 13.3. The average Bonchev–Trinajstić information content (AvgIpc) is 2.54. The monoisotopic (exact) mass is 417 g/mol. The largest absolute Gasteiger partial charge is 0.497 e. The maximum absolute atomic E-state index is 13.3. The second kappa shape index (κ2) is 9.75. The van der Waals surface area contributed by atoms with E-state index in [1.54, 1.807) is 18.2 Å². The standard InChI is InChI=1S/C15H22F3N3O3S.ClH/c1-24-13-4-2-3-12(9-13)11-25(22,23)20-10-14(15(16,17)18)21-7-5-19-6-8-21;/h2-4,9,14,19-20H,5-8,10-11H2,1H3;1H. The minimum absolute atomic E-state index is 0. The van der Waals surface area contributed by atoms with Crippen molar-refractivity contribution in [2.45, 2.75) is 18.0 Å². The third-order valence-corrected chi connectivity index (χ3v) is 5.28. The molecule has 1 aromatic rings. The quantitative estimate of drug-likeness (QED) is 0.701. The second-order valence-electron chi connectivity index (χ2n) is 5.80. The number of hydrogen-bond donors (Lipinski definition) is 2. The number of halogens is 4. The van der Waals surface area contributed by atoms with E-state index >= 15 is 0 Å². The first-order valence-electron chi connectivity index (χ1n) is 7.83. The van der Waals surface area contributed by atoms with Crippen LogP contribution in [-0.4, -0.2) is 65.4 Å². The molecule has 1 aromatic carbocycles. The van der Waals surface area contributed by atoms with Crippen LogP contribution < -0.4 is 14.8 Å². The molecule has 1 atom stereocenters. The van der Waals surface area contributed by atoms with Crippen molar-refractivity contribution in [3.8, 4) is 5.75 Å². The first kappa shape index (κ1) is 23.0. The van der Waals surface area contributed by atoms with Crippen molar-refractivity contribution in [3.63, 3.8) is 0 Å². The number of alkyl halides is 3. The fourth-order valence-corrected chi connectivity index (χ4v) is 3.82. The summed E-state index contributed by atoms with van der Waals surface area (Å²) in [6.45, 7) is 0.645. The lowest BCUT2D eigenvalue weighted by Gasteiger charge is -2.35. The van der Waals surface area contributed by atoms with Crippen molar-refractivity contribution in [3.05, 3.63) is 29.8 Å². The molecular formula is C15H23ClF3N3O3S. The van der Waals surface area contributed by atoms with E-state index in [0.29, 0.717) is 24.4 Å². The molecule has 150 valence electrons. The predicted octanol–water partition coefficient (Wildman–Crippen LogP) is 1.37. The summed E-state index contributed by atoms with van der Waals surface area (Å²) in [6, 6.07) is 4.57. The molecule has 1 unspecified atom stereocenters. The first-order chi connectivity index (χ1) is 11.7. The molecule has 1 fully saturated rings. The highest BCUT2D eigenvalue weighted by Crippen LogP contribution is 2.25. The van der Waals surface area contributed by atoms with E-state index in [9.17, 15) is 21.6 Å². The van der Waals surface area contributed by atoms with Gasteiger partial charge in [-0.1, -0.05) is 12.1 Å². The molecular weight excluding hydrogens is 395 g/mol. The van der Waals surface area contributed by atoms with Gasteiger partial charge in [0.1, 0.15) is 11.8 Å². The van der Waals surface area contributed by atoms with Crippen LogP contribution in [0.4, 0.5) is 13.2 Å². The van der Waals surface area contributed by atoms with Crippen LogP contribution in [0, 0.1) is 0 Å². The van der Waals surface area contributed by atoms with Gasteiger partial charge in [0, 0.05) is 32.7 Å². The average molecular weight is 418 g/mol. The van der Waals surface area contributed by atoms with Gasteiger partial charge in [0.25, 0.3) is 0 Å². The Balaban J connectivity index is 0.00000338. The smallest absolute Gasteiger partial charge is 0.405 e. The Kier molecular flexibility index (Phi) is 8.61. The van der Waals surface area contributed by atoms with Crippen LogP contribution in [0.15, 0.2) is 24.3 Å². The van der Waals surface area contributed by atoms with Crippen LogP contribution in [0.2, 0.25) is 0 Å². The summed E-state index contributed by atoms with van der Waals surface area (Å²) in [5.74, 6) is 0.0813. The van der Waals surface area contributed by atoms with Gasteiger partial charge in [-0.3, -0.25) is 4.90 Å². The number of methoxy groups -OCH3 is 1. The van der Waals surface area contributed by atoms with Crippen molar-refractivity contribution < 1.29 is 26.3 Å².